The van der Waals surface area contributed by atoms with Gasteiger partial charge in [0.25, 0.3) is 0 Å². The molecule has 7 heteroatoms. The highest BCUT2D eigenvalue weighted by Crippen LogP contribution is 2.45. The van der Waals surface area contributed by atoms with Crippen LogP contribution in [0.3, 0.4) is 0 Å². The third-order valence-corrected chi connectivity index (χ3v) is 8.11. The van der Waals surface area contributed by atoms with Gasteiger partial charge in [0.2, 0.25) is 0 Å². The lowest BCUT2D eigenvalue weighted by Gasteiger charge is -2.29. The average Bonchev–Trinajstić information content (AvgIpc) is 3.41. The van der Waals surface area contributed by atoms with Crippen molar-refractivity contribution in [1.82, 2.24) is 14.9 Å². The van der Waals surface area contributed by atoms with E-state index in [1.54, 1.807) is 0 Å². The number of halogens is 1. The number of nitrogens with one attached hydrogen (secondary N) is 1. The monoisotopic (exact) mass is 564 g/mol. The summed E-state index contributed by atoms with van der Waals surface area (Å²) >= 11 is 12.4. The van der Waals surface area contributed by atoms with Crippen LogP contribution in [-0.2, 0) is 0 Å². The van der Waals surface area contributed by atoms with E-state index in [0.717, 1.165) is 34.3 Å². The second kappa shape index (κ2) is 10.8. The fraction of sp³-hybridized carbons (Fsp3) is 0.152. The minimum atomic E-state index is -0.138. The molecule has 0 radical (unpaired) electrons. The Bertz CT molecular complexity index is 1670. The van der Waals surface area contributed by atoms with Crippen LogP contribution in [0.15, 0.2) is 103 Å². The van der Waals surface area contributed by atoms with Crippen molar-refractivity contribution in [1.29, 1.82) is 0 Å². The zero-order valence-electron chi connectivity index (χ0n) is 22.5. The number of ether oxygens (including phenoxy) is 1. The molecule has 6 rings (SSSR count). The molecular weight excluding hydrogens is 536 g/mol. The summed E-state index contributed by atoms with van der Waals surface area (Å²) in [6, 6.07) is 31.6. The van der Waals surface area contributed by atoms with Gasteiger partial charge < -0.3 is 19.5 Å². The number of hydrogen-bond donors (Lipinski definition) is 1. The molecule has 1 saturated heterocycles. The Labute approximate surface area is 245 Å². The first kappa shape index (κ1) is 26.1. The minimum absolute atomic E-state index is 0.123. The molecule has 0 unspecified atom stereocenters. The molecule has 2 aromatic heterocycles. The second-order valence-corrected chi connectivity index (χ2v) is 10.8. The van der Waals surface area contributed by atoms with E-state index < -0.39 is 0 Å². The number of aromatic nitrogens is 2. The maximum Gasteiger partial charge on any atom is 0.174 e. The number of hydrogen-bond acceptors (Lipinski definition) is 3. The molecule has 5 aromatic rings. The highest BCUT2D eigenvalue weighted by atomic mass is 35.5. The van der Waals surface area contributed by atoms with E-state index in [9.17, 15) is 0 Å². The van der Waals surface area contributed by atoms with Crippen molar-refractivity contribution in [3.8, 4) is 17.2 Å². The standard InChI is InChI=1S/C33H29ClN4OS/c1-21-22(2)37(26-11-9-10-24(34)20-26)23(3)30(21)32-31(29-14-7-8-19-35-29)36-33(40)38(32)25-15-17-28(18-16-25)39-27-12-5-4-6-13-27/h4-20,31-32H,1-3H3,(H,36,40)/t31-,32+/m1/s1. The first-order valence-electron chi connectivity index (χ1n) is 13.2. The third-order valence-electron chi connectivity index (χ3n) is 7.56. The first-order valence-corrected chi connectivity index (χ1v) is 14.0. The molecule has 3 aromatic carbocycles. The van der Waals surface area contributed by atoms with Crippen LogP contribution in [-0.4, -0.2) is 14.7 Å². The van der Waals surface area contributed by atoms with Crippen LogP contribution in [0.2, 0.25) is 5.02 Å². The van der Waals surface area contributed by atoms with Crippen LogP contribution >= 0.6 is 23.8 Å². The van der Waals surface area contributed by atoms with E-state index in [-0.39, 0.29) is 12.1 Å². The topological polar surface area (TPSA) is 42.3 Å². The molecule has 1 aliphatic heterocycles. The normalized spacial score (nSPS) is 16.7. The van der Waals surface area contributed by atoms with Gasteiger partial charge in [-0.05, 0) is 105 Å². The lowest BCUT2D eigenvalue weighted by atomic mass is 9.93. The Hall–Kier alpha value is -4.13. The van der Waals surface area contributed by atoms with Crippen molar-refractivity contribution >= 4 is 34.6 Å². The molecule has 5 nitrogen and oxygen atoms in total. The average molecular weight is 565 g/mol. The summed E-state index contributed by atoms with van der Waals surface area (Å²) in [7, 11) is 0. The van der Waals surface area contributed by atoms with Crippen LogP contribution in [0.1, 0.15) is 40.3 Å². The molecular formula is C33H29ClN4OS. The number of anilines is 1. The highest BCUT2D eigenvalue weighted by molar-refractivity contribution is 7.80. The number of pyridine rings is 1. The third kappa shape index (κ3) is 4.74. The van der Waals surface area contributed by atoms with E-state index in [0.29, 0.717) is 10.1 Å². The molecule has 0 spiro atoms. The van der Waals surface area contributed by atoms with E-state index in [4.69, 9.17) is 33.5 Å². The molecule has 200 valence electrons. The SMILES string of the molecule is Cc1c([C@H]2[C@@H](c3ccccn3)NC(=S)N2c2ccc(Oc3ccccc3)cc2)c(C)n(-c2cccc(Cl)c2)c1C. The maximum absolute atomic E-state index is 6.40. The predicted octanol–water partition coefficient (Wildman–Crippen LogP) is 8.42. The highest BCUT2D eigenvalue weighted by Gasteiger charge is 2.43. The van der Waals surface area contributed by atoms with Crippen molar-refractivity contribution < 1.29 is 4.74 Å². The molecule has 3 heterocycles. The van der Waals surface area contributed by atoms with Crippen molar-refractivity contribution in [2.75, 3.05) is 4.90 Å². The fourth-order valence-electron chi connectivity index (χ4n) is 5.67. The molecule has 40 heavy (non-hydrogen) atoms. The zero-order chi connectivity index (χ0) is 27.8. The van der Waals surface area contributed by atoms with Gasteiger partial charge in [-0.15, -0.1) is 0 Å². The largest absolute Gasteiger partial charge is 0.457 e. The van der Waals surface area contributed by atoms with Gasteiger partial charge in [0.05, 0.1) is 17.8 Å². The molecule has 0 amide bonds. The van der Waals surface area contributed by atoms with Gasteiger partial charge in [-0.3, -0.25) is 4.98 Å². The summed E-state index contributed by atoms with van der Waals surface area (Å²) in [5.74, 6) is 1.56. The van der Waals surface area contributed by atoms with Crippen molar-refractivity contribution in [3.05, 3.63) is 136 Å². The van der Waals surface area contributed by atoms with E-state index in [2.05, 4.69) is 59.8 Å². The molecule has 0 aliphatic carbocycles. The Balaban J connectivity index is 1.45. The van der Waals surface area contributed by atoms with E-state index in [1.807, 2.05) is 79.0 Å². The van der Waals surface area contributed by atoms with Gasteiger partial charge in [-0.25, -0.2) is 0 Å². The predicted molar refractivity (Wildman–Crippen MR) is 166 cm³/mol. The van der Waals surface area contributed by atoms with Gasteiger partial charge in [-0.2, -0.15) is 0 Å². The quantitative estimate of drug-likeness (QED) is 0.210. The second-order valence-electron chi connectivity index (χ2n) is 9.93. The summed E-state index contributed by atoms with van der Waals surface area (Å²) < 4.78 is 8.33. The van der Waals surface area contributed by atoms with Crippen LogP contribution in [0, 0.1) is 20.8 Å². The smallest absolute Gasteiger partial charge is 0.174 e. The summed E-state index contributed by atoms with van der Waals surface area (Å²) in [5.41, 5.74) is 7.69. The Morgan fingerprint density at radius 2 is 1.52 bits per heavy atom. The van der Waals surface area contributed by atoms with Gasteiger partial charge >= 0.3 is 0 Å². The lowest BCUT2D eigenvalue weighted by Crippen LogP contribution is -2.29. The van der Waals surface area contributed by atoms with Crippen LogP contribution in [0.4, 0.5) is 5.69 Å². The fourth-order valence-corrected chi connectivity index (χ4v) is 6.20. The number of para-hydroxylation sites is 1. The lowest BCUT2D eigenvalue weighted by molar-refractivity contribution is 0.482. The Kier molecular flexibility index (Phi) is 7.05. The molecule has 0 bridgehead atoms. The number of nitrogens with zero attached hydrogens (tertiary/aromatic N) is 3. The summed E-state index contributed by atoms with van der Waals surface area (Å²) in [4.78, 5) is 6.93. The number of rotatable bonds is 6. The van der Waals surface area contributed by atoms with E-state index in [1.165, 1.54) is 16.8 Å². The zero-order valence-corrected chi connectivity index (χ0v) is 24.1. The Morgan fingerprint density at radius 3 is 2.23 bits per heavy atom. The summed E-state index contributed by atoms with van der Waals surface area (Å²) in [6.45, 7) is 6.51. The Morgan fingerprint density at radius 1 is 0.800 bits per heavy atom. The molecule has 1 N–H and O–H groups in total. The van der Waals surface area contributed by atoms with Crippen molar-refractivity contribution in [2.45, 2.75) is 32.9 Å². The minimum Gasteiger partial charge on any atom is -0.457 e. The molecule has 0 saturated carbocycles. The number of thiocarbonyl (C=S) groups is 1. The maximum atomic E-state index is 6.40. The van der Waals surface area contributed by atoms with E-state index >= 15 is 0 Å². The van der Waals surface area contributed by atoms with Gasteiger partial charge in [-0.1, -0.05) is 41.9 Å². The molecule has 1 aliphatic rings. The van der Waals surface area contributed by atoms with Gasteiger partial charge in [0.1, 0.15) is 11.5 Å². The first-order chi connectivity index (χ1) is 19.4. The van der Waals surface area contributed by atoms with Gasteiger partial charge in [0, 0.05) is 39.5 Å². The van der Waals surface area contributed by atoms with Crippen LogP contribution in [0.25, 0.3) is 5.69 Å². The van der Waals surface area contributed by atoms with Crippen molar-refractivity contribution in [3.63, 3.8) is 0 Å². The molecule has 1 fully saturated rings. The summed E-state index contributed by atoms with van der Waals surface area (Å²) in [5, 5.41) is 4.95. The van der Waals surface area contributed by atoms with Crippen molar-refractivity contribution in [2.24, 2.45) is 0 Å². The number of benzene rings is 3. The van der Waals surface area contributed by atoms with Crippen LogP contribution < -0.4 is 15.0 Å². The molecule has 2 atom stereocenters. The summed E-state index contributed by atoms with van der Waals surface area (Å²) in [6.07, 6.45) is 1.83. The van der Waals surface area contributed by atoms with Gasteiger partial charge in [0.15, 0.2) is 5.11 Å². The van der Waals surface area contributed by atoms with Crippen LogP contribution in [0.5, 0.6) is 11.5 Å².